The number of ketones is 1. The SMILES string of the molecule is O=C(c1cc2ccccc2c2ccccc12)C1CC2COCC(C1)N2C(=O)OCC1c2ccccc2-c2ccccc21. The first-order valence-corrected chi connectivity index (χ1v) is 14.8. The Hall–Kier alpha value is -4.48. The molecule has 2 aliphatic heterocycles. The molecular formula is C37H31NO4. The van der Waals surface area contributed by atoms with Gasteiger partial charge < -0.3 is 9.47 Å². The van der Waals surface area contributed by atoms with Crippen LogP contribution in [0, 0.1) is 5.92 Å². The molecule has 0 N–H and O–H groups in total. The highest BCUT2D eigenvalue weighted by Crippen LogP contribution is 2.45. The van der Waals surface area contributed by atoms with Crippen LogP contribution >= 0.6 is 0 Å². The van der Waals surface area contributed by atoms with E-state index in [0.29, 0.717) is 26.1 Å². The number of hydrogen-bond acceptors (Lipinski definition) is 4. The molecule has 2 saturated heterocycles. The van der Waals surface area contributed by atoms with Crippen molar-refractivity contribution in [3.8, 4) is 11.1 Å². The molecule has 5 aromatic carbocycles. The Balaban J connectivity index is 1.03. The second-order valence-corrected chi connectivity index (χ2v) is 11.8. The normalized spacial score (nSPS) is 21.2. The molecule has 3 aliphatic rings. The van der Waals surface area contributed by atoms with Crippen molar-refractivity contribution in [3.05, 3.63) is 120 Å². The lowest BCUT2D eigenvalue weighted by molar-refractivity contribution is -0.0747. The standard InChI is InChI=1S/C37H31NO4/c39-36(34-19-23-9-1-2-10-27(23)28-11-3-6-14-31(28)34)24-17-25-20-41-21-26(18-24)38(25)37(40)42-22-35-32-15-7-4-12-29(32)30-13-5-8-16-33(30)35/h1-16,19,24-26,35H,17-18,20-22H2. The molecule has 1 aliphatic carbocycles. The molecule has 0 radical (unpaired) electrons. The Morgan fingerprint density at radius 1 is 0.714 bits per heavy atom. The largest absolute Gasteiger partial charge is 0.448 e. The zero-order valence-corrected chi connectivity index (χ0v) is 23.2. The van der Waals surface area contributed by atoms with Gasteiger partial charge in [-0.3, -0.25) is 9.69 Å². The first-order chi connectivity index (χ1) is 20.7. The number of hydrogen-bond donors (Lipinski definition) is 0. The van der Waals surface area contributed by atoms with Crippen LogP contribution in [0.4, 0.5) is 4.79 Å². The molecular weight excluding hydrogens is 522 g/mol. The number of carbonyl (C=O) groups is 2. The van der Waals surface area contributed by atoms with Crippen LogP contribution in [0.2, 0.25) is 0 Å². The van der Waals surface area contributed by atoms with Crippen molar-refractivity contribution in [2.75, 3.05) is 19.8 Å². The maximum absolute atomic E-state index is 14.1. The lowest BCUT2D eigenvalue weighted by Crippen LogP contribution is -2.60. The lowest BCUT2D eigenvalue weighted by atomic mass is 9.79. The molecule has 2 heterocycles. The van der Waals surface area contributed by atoms with Crippen molar-refractivity contribution in [1.82, 2.24) is 4.90 Å². The average Bonchev–Trinajstić information content (AvgIpc) is 3.36. The summed E-state index contributed by atoms with van der Waals surface area (Å²) in [4.78, 5) is 29.6. The van der Waals surface area contributed by atoms with Gasteiger partial charge in [0.15, 0.2) is 5.78 Å². The zero-order chi connectivity index (χ0) is 28.2. The van der Waals surface area contributed by atoms with Gasteiger partial charge in [0.05, 0.1) is 25.3 Å². The second kappa shape index (κ2) is 10.1. The summed E-state index contributed by atoms with van der Waals surface area (Å²) < 4.78 is 11.9. The van der Waals surface area contributed by atoms with Crippen molar-refractivity contribution in [1.29, 1.82) is 0 Å². The molecule has 5 nitrogen and oxygen atoms in total. The minimum absolute atomic E-state index is 0.0118. The molecule has 42 heavy (non-hydrogen) atoms. The van der Waals surface area contributed by atoms with Crippen molar-refractivity contribution in [2.24, 2.45) is 5.92 Å². The van der Waals surface area contributed by atoms with Crippen LogP contribution in [0.3, 0.4) is 0 Å². The maximum atomic E-state index is 14.1. The van der Waals surface area contributed by atoms with Crippen molar-refractivity contribution in [2.45, 2.75) is 30.8 Å². The predicted octanol–water partition coefficient (Wildman–Crippen LogP) is 7.60. The summed E-state index contributed by atoms with van der Waals surface area (Å²) in [6.07, 6.45) is 0.832. The lowest BCUT2D eigenvalue weighted by Gasteiger charge is -2.47. The van der Waals surface area contributed by atoms with Crippen LogP contribution in [0.25, 0.3) is 32.7 Å². The van der Waals surface area contributed by atoms with Gasteiger partial charge in [0.1, 0.15) is 6.61 Å². The van der Waals surface area contributed by atoms with Gasteiger partial charge >= 0.3 is 6.09 Å². The summed E-state index contributed by atoms with van der Waals surface area (Å²) in [6.45, 7) is 1.13. The Morgan fingerprint density at radius 2 is 1.29 bits per heavy atom. The molecule has 8 rings (SSSR count). The third-order valence-corrected chi connectivity index (χ3v) is 9.47. The summed E-state index contributed by atoms with van der Waals surface area (Å²) in [5, 5.41) is 4.30. The van der Waals surface area contributed by atoms with E-state index in [-0.39, 0.29) is 42.4 Å². The second-order valence-electron chi connectivity index (χ2n) is 11.8. The fourth-order valence-electron chi connectivity index (χ4n) is 7.57. The summed E-state index contributed by atoms with van der Waals surface area (Å²) >= 11 is 0. The number of morpholine rings is 1. The fraction of sp³-hybridized carbons (Fsp3) is 0.243. The highest BCUT2D eigenvalue weighted by atomic mass is 16.6. The van der Waals surface area contributed by atoms with Gasteiger partial charge in [-0.1, -0.05) is 97.1 Å². The zero-order valence-electron chi connectivity index (χ0n) is 23.2. The number of rotatable bonds is 4. The Kier molecular flexibility index (Phi) is 6.08. The molecule has 1 amide bonds. The molecule has 0 spiro atoms. The molecule has 2 unspecified atom stereocenters. The number of fused-ring (bicyclic) bond motifs is 8. The fourth-order valence-corrected chi connectivity index (χ4v) is 7.57. The van der Waals surface area contributed by atoms with E-state index >= 15 is 0 Å². The summed E-state index contributed by atoms with van der Waals surface area (Å²) in [5.41, 5.74) is 5.58. The van der Waals surface area contributed by atoms with Gasteiger partial charge in [-0.15, -0.1) is 0 Å². The van der Waals surface area contributed by atoms with Gasteiger partial charge in [0.2, 0.25) is 0 Å². The van der Waals surface area contributed by atoms with Crippen LogP contribution in [0.15, 0.2) is 103 Å². The Bertz CT molecular complexity index is 1800. The molecule has 208 valence electrons. The Labute approximate surface area is 244 Å². The van der Waals surface area contributed by atoms with E-state index in [1.165, 1.54) is 22.3 Å². The predicted molar refractivity (Wildman–Crippen MR) is 164 cm³/mol. The van der Waals surface area contributed by atoms with Crippen LogP contribution in [0.1, 0.15) is 40.2 Å². The number of ether oxygens (including phenoxy) is 2. The molecule has 2 bridgehead atoms. The van der Waals surface area contributed by atoms with E-state index < -0.39 is 0 Å². The van der Waals surface area contributed by atoms with Crippen molar-refractivity contribution < 1.29 is 19.1 Å². The smallest absolute Gasteiger partial charge is 0.410 e. The van der Waals surface area contributed by atoms with Gasteiger partial charge in [0.25, 0.3) is 0 Å². The van der Waals surface area contributed by atoms with Crippen LogP contribution in [-0.2, 0) is 9.47 Å². The van der Waals surface area contributed by atoms with E-state index in [1.54, 1.807) is 0 Å². The number of piperidine rings is 1. The molecule has 5 aromatic rings. The number of amides is 1. The first kappa shape index (κ1) is 25.2. The molecule has 2 atom stereocenters. The maximum Gasteiger partial charge on any atom is 0.410 e. The minimum Gasteiger partial charge on any atom is -0.448 e. The summed E-state index contributed by atoms with van der Waals surface area (Å²) in [5.74, 6) is -0.00936. The van der Waals surface area contributed by atoms with Gasteiger partial charge in [0, 0.05) is 17.4 Å². The quantitative estimate of drug-likeness (QED) is 0.170. The molecule has 0 aromatic heterocycles. The van der Waals surface area contributed by atoms with Crippen LogP contribution < -0.4 is 0 Å². The van der Waals surface area contributed by atoms with Gasteiger partial charge in [-0.25, -0.2) is 4.79 Å². The van der Waals surface area contributed by atoms with Crippen molar-refractivity contribution in [3.63, 3.8) is 0 Å². The minimum atomic E-state index is -0.308. The molecule has 0 saturated carbocycles. The van der Waals surface area contributed by atoms with E-state index in [9.17, 15) is 9.59 Å². The van der Waals surface area contributed by atoms with E-state index in [2.05, 4.69) is 54.6 Å². The van der Waals surface area contributed by atoms with Gasteiger partial charge in [-0.2, -0.15) is 0 Å². The number of benzene rings is 5. The summed E-state index contributed by atoms with van der Waals surface area (Å²) in [6, 6.07) is 34.8. The summed E-state index contributed by atoms with van der Waals surface area (Å²) in [7, 11) is 0. The Morgan fingerprint density at radius 3 is 1.98 bits per heavy atom. The third kappa shape index (κ3) is 4.03. The van der Waals surface area contributed by atoms with E-state index in [0.717, 1.165) is 27.1 Å². The highest BCUT2D eigenvalue weighted by Gasteiger charge is 2.45. The number of Topliss-reactive ketones (excluding diaryl/α,β-unsaturated/α-hetero) is 1. The molecule has 5 heteroatoms. The van der Waals surface area contributed by atoms with E-state index in [4.69, 9.17) is 9.47 Å². The highest BCUT2D eigenvalue weighted by molar-refractivity contribution is 6.18. The third-order valence-electron chi connectivity index (χ3n) is 9.47. The monoisotopic (exact) mass is 553 g/mol. The van der Waals surface area contributed by atoms with Gasteiger partial charge in [-0.05, 0) is 62.7 Å². The number of carbonyl (C=O) groups excluding carboxylic acids is 2. The van der Waals surface area contributed by atoms with Crippen LogP contribution in [0.5, 0.6) is 0 Å². The topological polar surface area (TPSA) is 55.8 Å². The van der Waals surface area contributed by atoms with Crippen molar-refractivity contribution >= 4 is 33.4 Å². The first-order valence-electron chi connectivity index (χ1n) is 14.8. The van der Waals surface area contributed by atoms with Crippen LogP contribution in [-0.4, -0.2) is 48.7 Å². The number of nitrogens with zero attached hydrogens (tertiary/aromatic N) is 1. The molecule has 2 fully saturated rings. The van der Waals surface area contributed by atoms with E-state index in [1.807, 2.05) is 53.4 Å². The average molecular weight is 554 g/mol.